The van der Waals surface area contributed by atoms with E-state index in [-0.39, 0.29) is 11.8 Å². The van der Waals surface area contributed by atoms with E-state index in [0.717, 1.165) is 19.5 Å². The fourth-order valence-corrected chi connectivity index (χ4v) is 2.21. The van der Waals surface area contributed by atoms with Crippen LogP contribution >= 0.6 is 0 Å². The topological polar surface area (TPSA) is 70.7 Å². The van der Waals surface area contributed by atoms with Crippen molar-refractivity contribution in [3.63, 3.8) is 0 Å². The van der Waals surface area contributed by atoms with Crippen LogP contribution < -0.4 is 10.6 Å². The number of hydrogen-bond donors (Lipinski definition) is 2. The van der Waals surface area contributed by atoms with Gasteiger partial charge in [0.1, 0.15) is 0 Å². The zero-order valence-corrected chi connectivity index (χ0v) is 12.9. The summed E-state index contributed by atoms with van der Waals surface area (Å²) in [6.07, 6.45) is 0.904. The number of anilines is 1. The molecule has 1 aromatic rings. The van der Waals surface area contributed by atoms with Gasteiger partial charge < -0.3 is 15.4 Å². The molecule has 0 bridgehead atoms. The Kier molecular flexibility index (Phi) is 6.36. The molecular weight excluding hydrogens is 282 g/mol. The second-order valence-electron chi connectivity index (χ2n) is 5.27. The van der Waals surface area contributed by atoms with Crippen molar-refractivity contribution < 1.29 is 14.3 Å². The van der Waals surface area contributed by atoms with Crippen LogP contribution in [-0.4, -0.2) is 56.1 Å². The average Bonchev–Trinajstić information content (AvgIpc) is 2.54. The Hall–Kier alpha value is -1.92. The van der Waals surface area contributed by atoms with E-state index in [1.54, 1.807) is 24.3 Å². The van der Waals surface area contributed by atoms with E-state index in [2.05, 4.69) is 15.5 Å². The average molecular weight is 305 g/mol. The normalized spacial score (nSPS) is 15.3. The Morgan fingerprint density at radius 2 is 1.86 bits per heavy atom. The number of nitrogens with zero attached hydrogens (tertiary/aromatic N) is 1. The minimum atomic E-state index is -0.0898. The van der Waals surface area contributed by atoms with Crippen molar-refractivity contribution in [1.82, 2.24) is 10.2 Å². The van der Waals surface area contributed by atoms with E-state index in [1.807, 2.05) is 6.92 Å². The van der Waals surface area contributed by atoms with Gasteiger partial charge in [-0.3, -0.25) is 14.5 Å². The van der Waals surface area contributed by atoms with Crippen LogP contribution in [0.4, 0.5) is 5.69 Å². The van der Waals surface area contributed by atoms with E-state index < -0.39 is 0 Å². The third kappa shape index (κ3) is 5.13. The third-order valence-electron chi connectivity index (χ3n) is 3.44. The molecule has 2 amide bonds. The molecule has 1 aliphatic rings. The van der Waals surface area contributed by atoms with Crippen molar-refractivity contribution in [2.75, 3.05) is 44.7 Å². The Morgan fingerprint density at radius 3 is 2.50 bits per heavy atom. The lowest BCUT2D eigenvalue weighted by Crippen LogP contribution is -2.41. The molecule has 0 aliphatic carbocycles. The molecule has 0 atom stereocenters. The number of amides is 2. The number of nitrogens with one attached hydrogen (secondary N) is 2. The number of carbonyl (C=O) groups excluding carboxylic acids is 2. The van der Waals surface area contributed by atoms with E-state index in [0.29, 0.717) is 37.6 Å². The first kappa shape index (κ1) is 16.5. The predicted molar refractivity (Wildman–Crippen MR) is 85.0 cm³/mol. The van der Waals surface area contributed by atoms with Gasteiger partial charge in [-0.25, -0.2) is 0 Å². The van der Waals surface area contributed by atoms with Crippen molar-refractivity contribution >= 4 is 17.5 Å². The van der Waals surface area contributed by atoms with Crippen molar-refractivity contribution in [1.29, 1.82) is 0 Å². The molecule has 1 saturated heterocycles. The zero-order valence-electron chi connectivity index (χ0n) is 12.9. The van der Waals surface area contributed by atoms with Gasteiger partial charge in [0.05, 0.1) is 19.8 Å². The Morgan fingerprint density at radius 1 is 1.18 bits per heavy atom. The van der Waals surface area contributed by atoms with Crippen molar-refractivity contribution in [3.05, 3.63) is 29.8 Å². The molecule has 0 saturated carbocycles. The van der Waals surface area contributed by atoms with Crippen LogP contribution in [0, 0.1) is 0 Å². The first-order valence-corrected chi connectivity index (χ1v) is 7.67. The lowest BCUT2D eigenvalue weighted by Gasteiger charge is -2.25. The van der Waals surface area contributed by atoms with Crippen molar-refractivity contribution in [3.8, 4) is 0 Å². The number of rotatable bonds is 6. The van der Waals surface area contributed by atoms with Gasteiger partial charge in [-0.15, -0.1) is 0 Å². The molecule has 0 unspecified atom stereocenters. The molecule has 0 radical (unpaired) electrons. The molecule has 0 aromatic heterocycles. The Bertz CT molecular complexity index is 496. The number of carbonyl (C=O) groups is 2. The zero-order chi connectivity index (χ0) is 15.8. The minimum absolute atomic E-state index is 0.0508. The van der Waals surface area contributed by atoms with E-state index in [1.165, 1.54) is 0 Å². The van der Waals surface area contributed by atoms with E-state index in [9.17, 15) is 9.59 Å². The lowest BCUT2D eigenvalue weighted by atomic mass is 10.2. The molecule has 120 valence electrons. The summed E-state index contributed by atoms with van der Waals surface area (Å²) < 4.78 is 5.25. The highest BCUT2D eigenvalue weighted by Crippen LogP contribution is 2.10. The maximum atomic E-state index is 12.0. The third-order valence-corrected chi connectivity index (χ3v) is 3.44. The molecule has 1 aromatic carbocycles. The van der Waals surface area contributed by atoms with Crippen LogP contribution in [0.5, 0.6) is 0 Å². The molecule has 2 N–H and O–H groups in total. The van der Waals surface area contributed by atoms with Crippen LogP contribution in [0.15, 0.2) is 24.3 Å². The van der Waals surface area contributed by atoms with Gasteiger partial charge in [0.25, 0.3) is 5.91 Å². The minimum Gasteiger partial charge on any atom is -0.379 e. The molecule has 2 rings (SSSR count). The van der Waals surface area contributed by atoms with Gasteiger partial charge in [0.2, 0.25) is 5.91 Å². The summed E-state index contributed by atoms with van der Waals surface area (Å²) in [4.78, 5) is 25.8. The van der Waals surface area contributed by atoms with Crippen LogP contribution in [0.25, 0.3) is 0 Å². The van der Waals surface area contributed by atoms with Crippen LogP contribution in [0.2, 0.25) is 0 Å². The predicted octanol–water partition coefficient (Wildman–Crippen LogP) is 1.10. The highest BCUT2D eigenvalue weighted by atomic mass is 16.5. The van der Waals surface area contributed by atoms with Gasteiger partial charge in [0.15, 0.2) is 0 Å². The summed E-state index contributed by atoms with van der Waals surface area (Å²) in [5.41, 5.74) is 1.30. The fraction of sp³-hybridized carbons (Fsp3) is 0.500. The number of hydrogen-bond acceptors (Lipinski definition) is 4. The van der Waals surface area contributed by atoms with Gasteiger partial charge in [-0.2, -0.15) is 0 Å². The summed E-state index contributed by atoms with van der Waals surface area (Å²) in [5.74, 6) is -0.141. The van der Waals surface area contributed by atoms with Crippen LogP contribution in [0.3, 0.4) is 0 Å². The summed E-state index contributed by atoms with van der Waals surface area (Å²) in [5, 5.41) is 5.66. The van der Waals surface area contributed by atoms with Gasteiger partial charge >= 0.3 is 0 Å². The molecule has 22 heavy (non-hydrogen) atoms. The quantitative estimate of drug-likeness (QED) is 0.825. The monoisotopic (exact) mass is 305 g/mol. The van der Waals surface area contributed by atoms with Gasteiger partial charge in [-0.1, -0.05) is 6.92 Å². The van der Waals surface area contributed by atoms with Crippen LogP contribution in [0.1, 0.15) is 23.7 Å². The summed E-state index contributed by atoms with van der Waals surface area (Å²) in [7, 11) is 0. The molecule has 1 fully saturated rings. The number of benzene rings is 1. The summed E-state index contributed by atoms with van der Waals surface area (Å²) in [6, 6.07) is 6.93. The fourth-order valence-electron chi connectivity index (χ4n) is 2.21. The number of morpholine rings is 1. The Labute approximate surface area is 130 Å². The standard InChI is InChI=1S/C16H23N3O3/c1-2-7-17-16(21)13-3-5-14(6-4-13)18-15(20)12-19-8-10-22-11-9-19/h3-6H,2,7-12H2,1H3,(H,17,21)(H,18,20). The highest BCUT2D eigenvalue weighted by molar-refractivity contribution is 5.96. The van der Waals surface area contributed by atoms with E-state index in [4.69, 9.17) is 4.74 Å². The maximum absolute atomic E-state index is 12.0. The molecule has 6 heteroatoms. The second-order valence-corrected chi connectivity index (χ2v) is 5.27. The Balaban J connectivity index is 1.82. The first-order valence-electron chi connectivity index (χ1n) is 7.67. The van der Waals surface area contributed by atoms with Crippen LogP contribution in [-0.2, 0) is 9.53 Å². The smallest absolute Gasteiger partial charge is 0.251 e. The first-order chi connectivity index (χ1) is 10.7. The maximum Gasteiger partial charge on any atom is 0.251 e. The molecular formula is C16H23N3O3. The van der Waals surface area contributed by atoms with Gasteiger partial charge in [0, 0.05) is 30.9 Å². The number of ether oxygens (including phenoxy) is 1. The SMILES string of the molecule is CCCNC(=O)c1ccc(NC(=O)CN2CCOCC2)cc1. The molecule has 6 nitrogen and oxygen atoms in total. The summed E-state index contributed by atoms with van der Waals surface area (Å²) >= 11 is 0. The molecule has 1 heterocycles. The molecule has 0 spiro atoms. The lowest BCUT2D eigenvalue weighted by molar-refractivity contribution is -0.118. The largest absolute Gasteiger partial charge is 0.379 e. The highest BCUT2D eigenvalue weighted by Gasteiger charge is 2.14. The molecule has 1 aliphatic heterocycles. The second kappa shape index (κ2) is 8.51. The van der Waals surface area contributed by atoms with Gasteiger partial charge in [-0.05, 0) is 30.7 Å². The van der Waals surface area contributed by atoms with E-state index >= 15 is 0 Å². The van der Waals surface area contributed by atoms with Crippen molar-refractivity contribution in [2.45, 2.75) is 13.3 Å². The summed E-state index contributed by atoms with van der Waals surface area (Å²) in [6.45, 7) is 5.95. The van der Waals surface area contributed by atoms with Crippen molar-refractivity contribution in [2.24, 2.45) is 0 Å².